The van der Waals surface area contributed by atoms with Gasteiger partial charge < -0.3 is 4.74 Å². The van der Waals surface area contributed by atoms with Crippen LogP contribution in [0, 0.1) is 0 Å². The van der Waals surface area contributed by atoms with Crippen molar-refractivity contribution in [1.82, 2.24) is 0 Å². The van der Waals surface area contributed by atoms with Crippen molar-refractivity contribution in [3.8, 4) is 5.75 Å². The van der Waals surface area contributed by atoms with Crippen LogP contribution in [0.4, 0.5) is 5.69 Å². The first kappa shape index (κ1) is 20.2. The SMILES string of the molecule is CC1=NN(c2ccccc2)C(=O)/C1=C/c1cccc(OCc2ccc(Cl)c(Cl)c2)c1. The molecule has 1 aliphatic rings. The minimum Gasteiger partial charge on any atom is -0.489 e. The van der Waals surface area contributed by atoms with Gasteiger partial charge in [0.1, 0.15) is 12.4 Å². The van der Waals surface area contributed by atoms with Crippen LogP contribution in [0.25, 0.3) is 6.08 Å². The lowest BCUT2D eigenvalue weighted by Gasteiger charge is -2.11. The molecule has 3 aromatic carbocycles. The highest BCUT2D eigenvalue weighted by molar-refractivity contribution is 6.42. The molecule has 0 aromatic heterocycles. The van der Waals surface area contributed by atoms with Gasteiger partial charge in [0.05, 0.1) is 27.0 Å². The number of anilines is 1. The van der Waals surface area contributed by atoms with Crippen molar-refractivity contribution >= 4 is 46.6 Å². The van der Waals surface area contributed by atoms with E-state index in [1.54, 1.807) is 12.1 Å². The fourth-order valence-electron chi connectivity index (χ4n) is 3.09. The summed E-state index contributed by atoms with van der Waals surface area (Å²) >= 11 is 12.0. The summed E-state index contributed by atoms with van der Waals surface area (Å²) in [4.78, 5) is 12.9. The van der Waals surface area contributed by atoms with Crippen molar-refractivity contribution in [1.29, 1.82) is 0 Å². The van der Waals surface area contributed by atoms with Crippen LogP contribution >= 0.6 is 23.2 Å². The Labute approximate surface area is 185 Å². The van der Waals surface area contributed by atoms with E-state index in [9.17, 15) is 4.79 Å². The summed E-state index contributed by atoms with van der Waals surface area (Å²) in [5, 5.41) is 6.84. The standard InChI is InChI=1S/C24H18Cl2N2O2/c1-16-21(24(29)28(27-16)19-7-3-2-4-8-19)13-17-6-5-9-20(12-17)30-15-18-10-11-22(25)23(26)14-18/h2-14H,15H2,1H3/b21-13+. The summed E-state index contributed by atoms with van der Waals surface area (Å²) in [6.07, 6.45) is 1.83. The lowest BCUT2D eigenvalue weighted by molar-refractivity contribution is -0.114. The topological polar surface area (TPSA) is 41.9 Å². The van der Waals surface area contributed by atoms with E-state index in [2.05, 4.69) is 5.10 Å². The van der Waals surface area contributed by atoms with Crippen LogP contribution in [0.15, 0.2) is 83.5 Å². The van der Waals surface area contributed by atoms with Crippen LogP contribution in [0.2, 0.25) is 10.0 Å². The Bertz CT molecular complexity index is 1160. The van der Waals surface area contributed by atoms with Gasteiger partial charge in [-0.3, -0.25) is 4.79 Å². The second-order valence-corrected chi connectivity index (χ2v) is 7.62. The predicted molar refractivity (Wildman–Crippen MR) is 122 cm³/mol. The van der Waals surface area contributed by atoms with Gasteiger partial charge in [-0.1, -0.05) is 59.6 Å². The Morgan fingerprint density at radius 3 is 2.53 bits per heavy atom. The van der Waals surface area contributed by atoms with Gasteiger partial charge in [0.15, 0.2) is 0 Å². The van der Waals surface area contributed by atoms with E-state index in [0.717, 1.165) is 16.8 Å². The summed E-state index contributed by atoms with van der Waals surface area (Å²) in [7, 11) is 0. The van der Waals surface area contributed by atoms with E-state index in [1.807, 2.05) is 73.7 Å². The quantitative estimate of drug-likeness (QED) is 0.435. The minimum absolute atomic E-state index is 0.152. The smallest absolute Gasteiger partial charge is 0.280 e. The van der Waals surface area contributed by atoms with E-state index in [4.69, 9.17) is 27.9 Å². The fraction of sp³-hybridized carbons (Fsp3) is 0.0833. The molecule has 0 saturated carbocycles. The lowest BCUT2D eigenvalue weighted by atomic mass is 10.1. The third kappa shape index (κ3) is 4.40. The summed E-state index contributed by atoms with van der Waals surface area (Å²) in [5.74, 6) is 0.538. The van der Waals surface area contributed by atoms with Crippen LogP contribution < -0.4 is 9.75 Å². The van der Waals surface area contributed by atoms with Crippen molar-refractivity contribution in [2.24, 2.45) is 5.10 Å². The molecule has 0 atom stereocenters. The first-order valence-electron chi connectivity index (χ1n) is 9.35. The number of halogens is 2. The van der Waals surface area contributed by atoms with Crippen LogP contribution in [-0.2, 0) is 11.4 Å². The zero-order valence-electron chi connectivity index (χ0n) is 16.2. The van der Waals surface area contributed by atoms with Gasteiger partial charge in [0, 0.05) is 0 Å². The molecule has 0 bridgehead atoms. The zero-order valence-corrected chi connectivity index (χ0v) is 17.7. The molecule has 0 saturated heterocycles. The summed E-state index contributed by atoms with van der Waals surface area (Å²) in [6.45, 7) is 2.19. The predicted octanol–water partition coefficient (Wildman–Crippen LogP) is 6.38. The molecular weight excluding hydrogens is 419 g/mol. The molecule has 0 fully saturated rings. The molecule has 1 amide bonds. The van der Waals surface area contributed by atoms with Crippen molar-refractivity contribution in [3.05, 3.63) is 99.5 Å². The largest absolute Gasteiger partial charge is 0.489 e. The molecule has 0 radical (unpaired) electrons. The van der Waals surface area contributed by atoms with Gasteiger partial charge in [-0.15, -0.1) is 0 Å². The lowest BCUT2D eigenvalue weighted by Crippen LogP contribution is -2.21. The number of rotatable bonds is 5. The number of amides is 1. The minimum atomic E-state index is -0.152. The maximum Gasteiger partial charge on any atom is 0.280 e. The summed E-state index contributed by atoms with van der Waals surface area (Å²) in [6, 6.07) is 22.3. The third-order valence-electron chi connectivity index (χ3n) is 4.62. The van der Waals surface area contributed by atoms with Crippen molar-refractivity contribution in [3.63, 3.8) is 0 Å². The van der Waals surface area contributed by atoms with Gasteiger partial charge in [0.25, 0.3) is 5.91 Å². The van der Waals surface area contributed by atoms with Gasteiger partial charge in [-0.25, -0.2) is 0 Å². The Morgan fingerprint density at radius 1 is 0.967 bits per heavy atom. The Kier molecular flexibility index (Phi) is 5.88. The van der Waals surface area contributed by atoms with Crippen LogP contribution in [0.3, 0.4) is 0 Å². The molecule has 1 aliphatic heterocycles. The second kappa shape index (κ2) is 8.74. The molecule has 0 spiro atoms. The molecule has 6 heteroatoms. The molecular formula is C24H18Cl2N2O2. The number of carbonyl (C=O) groups is 1. The average Bonchev–Trinajstić information content (AvgIpc) is 3.04. The highest BCUT2D eigenvalue weighted by Crippen LogP contribution is 2.26. The zero-order chi connectivity index (χ0) is 21.1. The number of benzene rings is 3. The van der Waals surface area contributed by atoms with E-state index < -0.39 is 0 Å². The second-order valence-electron chi connectivity index (χ2n) is 6.81. The van der Waals surface area contributed by atoms with Crippen molar-refractivity contribution in [2.45, 2.75) is 13.5 Å². The highest BCUT2D eigenvalue weighted by Gasteiger charge is 2.28. The number of hydrogen-bond acceptors (Lipinski definition) is 3. The number of hydrazone groups is 1. The third-order valence-corrected chi connectivity index (χ3v) is 5.36. The Balaban J connectivity index is 1.51. The monoisotopic (exact) mass is 436 g/mol. The Morgan fingerprint density at radius 2 is 1.77 bits per heavy atom. The number of hydrogen-bond donors (Lipinski definition) is 0. The van der Waals surface area contributed by atoms with Crippen molar-refractivity contribution in [2.75, 3.05) is 5.01 Å². The van der Waals surface area contributed by atoms with Gasteiger partial charge in [0.2, 0.25) is 0 Å². The van der Waals surface area contributed by atoms with E-state index >= 15 is 0 Å². The molecule has 0 aliphatic carbocycles. The molecule has 1 heterocycles. The molecule has 4 rings (SSSR count). The first-order chi connectivity index (χ1) is 14.5. The molecule has 0 N–H and O–H groups in total. The number of ether oxygens (including phenoxy) is 1. The van der Waals surface area contributed by atoms with Crippen LogP contribution in [-0.4, -0.2) is 11.6 Å². The molecule has 3 aromatic rings. The number of para-hydroxylation sites is 1. The highest BCUT2D eigenvalue weighted by atomic mass is 35.5. The Hall–Kier alpha value is -3.08. The maximum absolute atomic E-state index is 12.9. The summed E-state index contributed by atoms with van der Waals surface area (Å²) < 4.78 is 5.88. The van der Waals surface area contributed by atoms with Gasteiger partial charge in [-0.2, -0.15) is 10.1 Å². The molecule has 0 unspecified atom stereocenters. The van der Waals surface area contributed by atoms with E-state index in [1.165, 1.54) is 5.01 Å². The summed E-state index contributed by atoms with van der Waals surface area (Å²) in [5.41, 5.74) is 3.74. The maximum atomic E-state index is 12.9. The first-order valence-corrected chi connectivity index (χ1v) is 10.1. The van der Waals surface area contributed by atoms with E-state index in [0.29, 0.717) is 33.7 Å². The van der Waals surface area contributed by atoms with Crippen molar-refractivity contribution < 1.29 is 9.53 Å². The molecule has 4 nitrogen and oxygen atoms in total. The molecule has 150 valence electrons. The number of nitrogens with zero attached hydrogens (tertiary/aromatic N) is 2. The average molecular weight is 437 g/mol. The van der Waals surface area contributed by atoms with Crippen LogP contribution in [0.5, 0.6) is 5.75 Å². The van der Waals surface area contributed by atoms with Gasteiger partial charge in [-0.05, 0) is 60.5 Å². The number of carbonyl (C=O) groups excluding carboxylic acids is 1. The van der Waals surface area contributed by atoms with Crippen LogP contribution in [0.1, 0.15) is 18.1 Å². The van der Waals surface area contributed by atoms with Gasteiger partial charge >= 0.3 is 0 Å². The molecule has 30 heavy (non-hydrogen) atoms. The fourth-order valence-corrected chi connectivity index (χ4v) is 3.41. The van der Waals surface area contributed by atoms with E-state index in [-0.39, 0.29) is 5.91 Å². The normalized spacial score (nSPS) is 14.9.